The summed E-state index contributed by atoms with van der Waals surface area (Å²) in [5.74, 6) is -0.233. The van der Waals surface area contributed by atoms with Crippen LogP contribution in [-0.2, 0) is 29.0 Å². The van der Waals surface area contributed by atoms with Gasteiger partial charge in [0.15, 0.2) is 0 Å². The number of hydrogen-bond donors (Lipinski definition) is 1. The van der Waals surface area contributed by atoms with Crippen LogP contribution in [0, 0.1) is 6.92 Å². The second-order valence-electron chi connectivity index (χ2n) is 8.84. The molecule has 178 valence electrons. The molecule has 1 N–H and O–H groups in total. The van der Waals surface area contributed by atoms with E-state index in [-0.39, 0.29) is 24.3 Å². The number of amides is 2. The topological polar surface area (TPSA) is 49.4 Å². The molecule has 0 saturated carbocycles. The molecule has 0 heterocycles. The predicted molar refractivity (Wildman–Crippen MR) is 139 cm³/mol. The summed E-state index contributed by atoms with van der Waals surface area (Å²) in [6.45, 7) is 6.32. The van der Waals surface area contributed by atoms with Gasteiger partial charge in [-0.05, 0) is 49.1 Å². The van der Waals surface area contributed by atoms with Gasteiger partial charge in [-0.3, -0.25) is 9.59 Å². The molecule has 0 unspecified atom stereocenters. The van der Waals surface area contributed by atoms with Crippen LogP contribution in [0.15, 0.2) is 78.9 Å². The fraction of sp³-hybridized carbons (Fsp3) is 0.310. The summed E-state index contributed by atoms with van der Waals surface area (Å²) >= 11 is 6.23. The van der Waals surface area contributed by atoms with Crippen molar-refractivity contribution in [2.45, 2.75) is 58.7 Å². The summed E-state index contributed by atoms with van der Waals surface area (Å²) in [5, 5.41) is 3.70. The number of hydrogen-bond acceptors (Lipinski definition) is 2. The van der Waals surface area contributed by atoms with Gasteiger partial charge in [0.2, 0.25) is 11.8 Å². The Morgan fingerprint density at radius 2 is 1.59 bits per heavy atom. The third kappa shape index (κ3) is 7.46. The number of benzene rings is 3. The lowest BCUT2D eigenvalue weighted by Gasteiger charge is -2.32. The Labute approximate surface area is 207 Å². The lowest BCUT2D eigenvalue weighted by atomic mass is 10.0. The molecule has 0 aliphatic rings. The quantitative estimate of drug-likeness (QED) is 0.405. The van der Waals surface area contributed by atoms with Crippen molar-refractivity contribution in [1.82, 2.24) is 10.2 Å². The molecule has 0 radical (unpaired) electrons. The molecular formula is C29H33ClN2O2. The molecule has 0 aliphatic heterocycles. The maximum atomic E-state index is 13.7. The first-order valence-electron chi connectivity index (χ1n) is 11.8. The van der Waals surface area contributed by atoms with E-state index in [1.54, 1.807) is 11.0 Å². The maximum absolute atomic E-state index is 13.7. The van der Waals surface area contributed by atoms with Gasteiger partial charge in [0, 0.05) is 24.0 Å². The van der Waals surface area contributed by atoms with Gasteiger partial charge in [-0.1, -0.05) is 90.8 Å². The fourth-order valence-electron chi connectivity index (χ4n) is 3.93. The molecule has 34 heavy (non-hydrogen) atoms. The highest BCUT2D eigenvalue weighted by Crippen LogP contribution is 2.19. The minimum absolute atomic E-state index is 0.0191. The Kier molecular flexibility index (Phi) is 9.29. The third-order valence-corrected chi connectivity index (χ3v) is 6.19. The van der Waals surface area contributed by atoms with Gasteiger partial charge < -0.3 is 10.2 Å². The standard InChI is InChI=1S/C29H33ClN2O2/c1-4-22(3)31-29(34)27(18-23-11-6-5-7-12-23)32(20-25-14-9-15-26(30)17-25)28(33)19-24-13-8-10-21(2)16-24/h5-17,22,27H,4,18-20H2,1-3H3,(H,31,34)/t22-,27+/m1/s1. The Bertz CT molecular complexity index is 1100. The molecule has 0 aliphatic carbocycles. The highest BCUT2D eigenvalue weighted by molar-refractivity contribution is 6.30. The second-order valence-corrected chi connectivity index (χ2v) is 9.28. The molecule has 4 nitrogen and oxygen atoms in total. The van der Waals surface area contributed by atoms with Crippen LogP contribution in [0.5, 0.6) is 0 Å². The Balaban J connectivity index is 1.97. The summed E-state index contributed by atoms with van der Waals surface area (Å²) < 4.78 is 0. The van der Waals surface area contributed by atoms with Crippen molar-refractivity contribution < 1.29 is 9.59 Å². The molecule has 0 fully saturated rings. The Morgan fingerprint density at radius 3 is 2.26 bits per heavy atom. The predicted octanol–water partition coefficient (Wildman–Crippen LogP) is 5.75. The van der Waals surface area contributed by atoms with Crippen LogP contribution in [0.25, 0.3) is 0 Å². The Morgan fingerprint density at radius 1 is 0.912 bits per heavy atom. The van der Waals surface area contributed by atoms with Crippen LogP contribution in [0.3, 0.4) is 0 Å². The zero-order valence-corrected chi connectivity index (χ0v) is 20.9. The number of carbonyl (C=O) groups excluding carboxylic acids is 2. The van der Waals surface area contributed by atoms with E-state index in [2.05, 4.69) is 5.32 Å². The van der Waals surface area contributed by atoms with Crippen LogP contribution >= 0.6 is 11.6 Å². The molecule has 0 saturated heterocycles. The smallest absolute Gasteiger partial charge is 0.243 e. The minimum atomic E-state index is -0.646. The van der Waals surface area contributed by atoms with Crippen molar-refractivity contribution in [1.29, 1.82) is 0 Å². The number of carbonyl (C=O) groups is 2. The highest BCUT2D eigenvalue weighted by atomic mass is 35.5. The molecule has 3 rings (SSSR count). The van der Waals surface area contributed by atoms with Crippen molar-refractivity contribution in [3.63, 3.8) is 0 Å². The van der Waals surface area contributed by atoms with Crippen LogP contribution in [-0.4, -0.2) is 28.8 Å². The number of rotatable bonds is 10. The lowest BCUT2D eigenvalue weighted by Crippen LogP contribution is -2.52. The first-order chi connectivity index (χ1) is 16.4. The zero-order chi connectivity index (χ0) is 24.5. The minimum Gasteiger partial charge on any atom is -0.352 e. The molecule has 0 bridgehead atoms. The molecule has 2 atom stereocenters. The monoisotopic (exact) mass is 476 g/mol. The molecular weight excluding hydrogens is 444 g/mol. The summed E-state index contributed by atoms with van der Waals surface area (Å²) in [5.41, 5.74) is 3.93. The van der Waals surface area contributed by atoms with E-state index in [0.717, 1.165) is 28.7 Å². The largest absolute Gasteiger partial charge is 0.352 e. The average molecular weight is 477 g/mol. The third-order valence-electron chi connectivity index (χ3n) is 5.95. The van der Waals surface area contributed by atoms with E-state index >= 15 is 0 Å². The summed E-state index contributed by atoms with van der Waals surface area (Å²) in [4.78, 5) is 28.9. The van der Waals surface area contributed by atoms with Crippen molar-refractivity contribution >= 4 is 23.4 Å². The SMILES string of the molecule is CC[C@@H](C)NC(=O)[C@H](Cc1ccccc1)N(Cc1cccc(Cl)c1)C(=O)Cc1cccc(C)c1. The normalized spacial score (nSPS) is 12.6. The van der Waals surface area contributed by atoms with Crippen LogP contribution < -0.4 is 5.32 Å². The van der Waals surface area contributed by atoms with Gasteiger partial charge in [0.1, 0.15) is 6.04 Å². The van der Waals surface area contributed by atoms with Crippen molar-refractivity contribution in [3.05, 3.63) is 106 Å². The molecule has 3 aromatic carbocycles. The maximum Gasteiger partial charge on any atom is 0.243 e. The highest BCUT2D eigenvalue weighted by Gasteiger charge is 2.31. The molecule has 3 aromatic rings. The van der Waals surface area contributed by atoms with Gasteiger partial charge in [-0.25, -0.2) is 0 Å². The number of aryl methyl sites for hydroxylation is 1. The number of halogens is 1. The van der Waals surface area contributed by atoms with E-state index in [9.17, 15) is 9.59 Å². The van der Waals surface area contributed by atoms with Gasteiger partial charge in [0.25, 0.3) is 0 Å². The van der Waals surface area contributed by atoms with Crippen LogP contribution in [0.4, 0.5) is 0 Å². The van der Waals surface area contributed by atoms with E-state index in [1.807, 2.05) is 93.6 Å². The Hall–Kier alpha value is -3.11. The van der Waals surface area contributed by atoms with E-state index in [1.165, 1.54) is 0 Å². The molecule has 5 heteroatoms. The molecule has 2 amide bonds. The lowest BCUT2D eigenvalue weighted by molar-refractivity contribution is -0.141. The summed E-state index contributed by atoms with van der Waals surface area (Å²) in [7, 11) is 0. The van der Waals surface area contributed by atoms with E-state index < -0.39 is 6.04 Å². The fourth-order valence-corrected chi connectivity index (χ4v) is 4.14. The number of nitrogens with one attached hydrogen (secondary N) is 1. The van der Waals surface area contributed by atoms with Crippen LogP contribution in [0.1, 0.15) is 42.5 Å². The van der Waals surface area contributed by atoms with Crippen molar-refractivity contribution in [2.75, 3.05) is 0 Å². The first-order valence-corrected chi connectivity index (χ1v) is 12.2. The van der Waals surface area contributed by atoms with Crippen molar-refractivity contribution in [3.8, 4) is 0 Å². The number of nitrogens with zero attached hydrogens (tertiary/aromatic N) is 1. The average Bonchev–Trinajstić information content (AvgIpc) is 2.81. The molecule has 0 spiro atoms. The summed E-state index contributed by atoms with van der Waals surface area (Å²) in [6.07, 6.45) is 1.47. The van der Waals surface area contributed by atoms with Gasteiger partial charge >= 0.3 is 0 Å². The van der Waals surface area contributed by atoms with E-state index in [0.29, 0.717) is 18.0 Å². The van der Waals surface area contributed by atoms with E-state index in [4.69, 9.17) is 11.6 Å². The first kappa shape index (κ1) is 25.5. The molecule has 0 aromatic heterocycles. The van der Waals surface area contributed by atoms with Gasteiger partial charge in [-0.2, -0.15) is 0 Å². The van der Waals surface area contributed by atoms with Crippen molar-refractivity contribution in [2.24, 2.45) is 0 Å². The summed E-state index contributed by atoms with van der Waals surface area (Å²) in [6, 6.07) is 24.6. The second kappa shape index (κ2) is 12.4. The van der Waals surface area contributed by atoms with Crippen LogP contribution in [0.2, 0.25) is 5.02 Å². The van der Waals surface area contributed by atoms with Gasteiger partial charge in [-0.15, -0.1) is 0 Å². The van der Waals surface area contributed by atoms with Gasteiger partial charge in [0.05, 0.1) is 6.42 Å². The zero-order valence-electron chi connectivity index (χ0n) is 20.1.